The van der Waals surface area contributed by atoms with Crippen LogP contribution in [0, 0.1) is 0 Å². The van der Waals surface area contributed by atoms with E-state index in [0.29, 0.717) is 16.6 Å². The maximum atomic E-state index is 11.9. The summed E-state index contributed by atoms with van der Waals surface area (Å²) in [6.07, 6.45) is 4.56. The van der Waals surface area contributed by atoms with Crippen LogP contribution in [0.25, 0.3) is 6.08 Å². The standard InChI is InChI=1S/C15H13ClN2O4/c1-10(15(20)18-13-6-4-11(16)9-17-13)22-14(19)7-5-12-3-2-8-21-12/h2-10H,1H3,(H,17,18,20)/b7-5+/t10-/m0/s1. The van der Waals surface area contributed by atoms with Gasteiger partial charge in [-0.25, -0.2) is 9.78 Å². The maximum absolute atomic E-state index is 11.9. The molecule has 0 aliphatic carbocycles. The van der Waals surface area contributed by atoms with Crippen LogP contribution < -0.4 is 5.32 Å². The minimum atomic E-state index is -0.966. The van der Waals surface area contributed by atoms with Gasteiger partial charge in [-0.05, 0) is 37.3 Å². The number of halogens is 1. The third kappa shape index (κ3) is 4.75. The van der Waals surface area contributed by atoms with Gasteiger partial charge in [0.1, 0.15) is 11.6 Å². The molecule has 0 aliphatic rings. The molecule has 0 aliphatic heterocycles. The number of aromatic nitrogens is 1. The van der Waals surface area contributed by atoms with Crippen LogP contribution in [0.15, 0.2) is 47.2 Å². The highest BCUT2D eigenvalue weighted by atomic mass is 35.5. The summed E-state index contributed by atoms with van der Waals surface area (Å²) >= 11 is 5.70. The first-order chi connectivity index (χ1) is 10.5. The number of carbonyl (C=O) groups is 2. The van der Waals surface area contributed by atoms with Crippen LogP contribution in [0.3, 0.4) is 0 Å². The van der Waals surface area contributed by atoms with Crippen LogP contribution >= 0.6 is 11.6 Å². The Morgan fingerprint density at radius 3 is 2.86 bits per heavy atom. The Kier molecular flexibility index (Phi) is 5.32. The summed E-state index contributed by atoms with van der Waals surface area (Å²) in [6.45, 7) is 1.46. The smallest absolute Gasteiger partial charge is 0.331 e. The number of anilines is 1. The molecule has 0 fully saturated rings. The summed E-state index contributed by atoms with van der Waals surface area (Å²) < 4.78 is 10.0. The third-order valence-electron chi connectivity index (χ3n) is 2.57. The minimum absolute atomic E-state index is 0.323. The molecule has 6 nitrogen and oxygen atoms in total. The molecule has 0 unspecified atom stereocenters. The Bertz CT molecular complexity index is 665. The van der Waals surface area contributed by atoms with E-state index < -0.39 is 18.0 Å². The molecule has 2 aromatic heterocycles. The van der Waals surface area contributed by atoms with E-state index in [-0.39, 0.29) is 0 Å². The molecule has 2 aromatic rings. The highest BCUT2D eigenvalue weighted by Gasteiger charge is 2.17. The molecule has 0 spiro atoms. The van der Waals surface area contributed by atoms with Crippen molar-refractivity contribution in [3.63, 3.8) is 0 Å². The maximum Gasteiger partial charge on any atom is 0.331 e. The van der Waals surface area contributed by atoms with Gasteiger partial charge in [-0.2, -0.15) is 0 Å². The summed E-state index contributed by atoms with van der Waals surface area (Å²) in [5, 5.41) is 2.97. The fourth-order valence-electron chi connectivity index (χ4n) is 1.48. The van der Waals surface area contributed by atoms with Crippen molar-refractivity contribution < 1.29 is 18.7 Å². The van der Waals surface area contributed by atoms with E-state index in [9.17, 15) is 9.59 Å². The minimum Gasteiger partial charge on any atom is -0.465 e. The van der Waals surface area contributed by atoms with Crippen molar-refractivity contribution in [1.29, 1.82) is 0 Å². The van der Waals surface area contributed by atoms with Crippen LogP contribution in [-0.2, 0) is 14.3 Å². The summed E-state index contributed by atoms with van der Waals surface area (Å²) in [6, 6.07) is 6.52. The Morgan fingerprint density at radius 1 is 1.41 bits per heavy atom. The molecule has 2 rings (SSSR count). The van der Waals surface area contributed by atoms with E-state index in [0.717, 1.165) is 0 Å². The molecule has 0 saturated carbocycles. The van der Waals surface area contributed by atoms with Crippen LogP contribution in [0.5, 0.6) is 0 Å². The van der Waals surface area contributed by atoms with Crippen molar-refractivity contribution in [3.05, 3.63) is 53.6 Å². The lowest BCUT2D eigenvalue weighted by Crippen LogP contribution is -2.29. The van der Waals surface area contributed by atoms with Crippen molar-refractivity contribution in [1.82, 2.24) is 4.98 Å². The zero-order chi connectivity index (χ0) is 15.9. The number of esters is 1. The van der Waals surface area contributed by atoms with Gasteiger partial charge in [0.2, 0.25) is 0 Å². The predicted octanol–water partition coefficient (Wildman–Crippen LogP) is 2.91. The van der Waals surface area contributed by atoms with Gasteiger partial charge >= 0.3 is 5.97 Å². The highest BCUT2D eigenvalue weighted by Crippen LogP contribution is 2.10. The summed E-state index contributed by atoms with van der Waals surface area (Å²) in [5.41, 5.74) is 0. The van der Waals surface area contributed by atoms with Crippen LogP contribution in [0.2, 0.25) is 5.02 Å². The molecule has 22 heavy (non-hydrogen) atoms. The van der Waals surface area contributed by atoms with E-state index in [4.69, 9.17) is 20.8 Å². The van der Waals surface area contributed by atoms with Crippen molar-refractivity contribution in [2.24, 2.45) is 0 Å². The van der Waals surface area contributed by atoms with Crippen LogP contribution in [-0.4, -0.2) is 23.0 Å². The van der Waals surface area contributed by atoms with Crippen molar-refractivity contribution >= 4 is 35.4 Å². The van der Waals surface area contributed by atoms with Gasteiger partial charge in [0.05, 0.1) is 11.3 Å². The van der Waals surface area contributed by atoms with Crippen molar-refractivity contribution in [3.8, 4) is 0 Å². The fourth-order valence-corrected chi connectivity index (χ4v) is 1.59. The zero-order valence-corrected chi connectivity index (χ0v) is 12.4. The lowest BCUT2D eigenvalue weighted by atomic mass is 10.3. The lowest BCUT2D eigenvalue weighted by Gasteiger charge is -2.11. The number of hydrogen-bond donors (Lipinski definition) is 1. The highest BCUT2D eigenvalue weighted by molar-refractivity contribution is 6.30. The molecule has 1 atom stereocenters. The first-order valence-corrected chi connectivity index (χ1v) is 6.77. The number of furan rings is 1. The molecule has 1 N–H and O–H groups in total. The van der Waals surface area contributed by atoms with Gasteiger partial charge in [0.25, 0.3) is 5.91 Å². The molecule has 2 heterocycles. The van der Waals surface area contributed by atoms with Crippen molar-refractivity contribution in [2.45, 2.75) is 13.0 Å². The number of hydrogen-bond acceptors (Lipinski definition) is 5. The monoisotopic (exact) mass is 320 g/mol. The summed E-state index contributed by atoms with van der Waals surface area (Å²) in [7, 11) is 0. The zero-order valence-electron chi connectivity index (χ0n) is 11.7. The number of ether oxygens (including phenoxy) is 1. The molecular weight excluding hydrogens is 308 g/mol. The second kappa shape index (κ2) is 7.42. The Hall–Kier alpha value is -2.60. The van der Waals surface area contributed by atoms with E-state index >= 15 is 0 Å². The molecule has 1 amide bonds. The normalized spacial score (nSPS) is 12.1. The van der Waals surface area contributed by atoms with Gasteiger partial charge in [0.15, 0.2) is 6.10 Å². The predicted molar refractivity (Wildman–Crippen MR) is 81.2 cm³/mol. The number of nitrogens with one attached hydrogen (secondary N) is 1. The Labute approximate surface area is 131 Å². The van der Waals surface area contributed by atoms with Crippen LogP contribution in [0.1, 0.15) is 12.7 Å². The van der Waals surface area contributed by atoms with Crippen molar-refractivity contribution in [2.75, 3.05) is 5.32 Å². The molecule has 0 radical (unpaired) electrons. The second-order valence-electron chi connectivity index (χ2n) is 4.28. The topological polar surface area (TPSA) is 81.4 Å². The second-order valence-corrected chi connectivity index (χ2v) is 4.72. The van der Waals surface area contributed by atoms with Gasteiger partial charge in [-0.1, -0.05) is 11.6 Å². The van der Waals surface area contributed by atoms with E-state index in [1.807, 2.05) is 0 Å². The van der Waals surface area contributed by atoms with Gasteiger partial charge in [-0.3, -0.25) is 4.79 Å². The van der Waals surface area contributed by atoms with E-state index in [2.05, 4.69) is 10.3 Å². The molecule has 114 valence electrons. The largest absolute Gasteiger partial charge is 0.465 e. The van der Waals surface area contributed by atoms with Crippen LogP contribution in [0.4, 0.5) is 5.82 Å². The quantitative estimate of drug-likeness (QED) is 0.676. The van der Waals surface area contributed by atoms with E-state index in [1.54, 1.807) is 24.3 Å². The number of amides is 1. The molecular formula is C15H13ClN2O4. The molecule has 0 bridgehead atoms. The fraction of sp³-hybridized carbons (Fsp3) is 0.133. The number of nitrogens with zero attached hydrogens (tertiary/aromatic N) is 1. The van der Waals surface area contributed by atoms with Gasteiger partial charge in [0, 0.05) is 12.3 Å². The SMILES string of the molecule is C[C@H](OC(=O)/C=C/c1ccco1)C(=O)Nc1ccc(Cl)cn1. The summed E-state index contributed by atoms with van der Waals surface area (Å²) in [5.74, 6) is -0.305. The Morgan fingerprint density at radius 2 is 2.23 bits per heavy atom. The Balaban J connectivity index is 1.85. The van der Waals surface area contributed by atoms with Gasteiger partial charge < -0.3 is 14.5 Å². The molecule has 0 saturated heterocycles. The molecule has 7 heteroatoms. The first-order valence-electron chi connectivity index (χ1n) is 6.39. The van der Waals surface area contributed by atoms with Gasteiger partial charge in [-0.15, -0.1) is 0 Å². The third-order valence-corrected chi connectivity index (χ3v) is 2.79. The number of carbonyl (C=O) groups excluding carboxylic acids is 2. The first kappa shape index (κ1) is 15.8. The lowest BCUT2D eigenvalue weighted by molar-refractivity contribution is -0.148. The number of pyridine rings is 1. The number of rotatable bonds is 5. The molecule has 0 aromatic carbocycles. The average Bonchev–Trinajstić information content (AvgIpc) is 3.01. The van der Waals surface area contributed by atoms with E-state index in [1.165, 1.54) is 31.5 Å². The summed E-state index contributed by atoms with van der Waals surface area (Å²) in [4.78, 5) is 27.4. The average molecular weight is 321 g/mol.